The maximum absolute atomic E-state index is 13.5. The lowest BCUT2D eigenvalue weighted by Crippen LogP contribution is -2.61. The predicted octanol–water partition coefficient (Wildman–Crippen LogP) is 16.6. The van der Waals surface area contributed by atoms with Crippen LogP contribution in [0.1, 0.15) is 323 Å². The van der Waals surface area contributed by atoms with E-state index in [1.165, 1.54) is 212 Å². The summed E-state index contributed by atoms with van der Waals surface area (Å²) < 4.78 is 17.6. The van der Waals surface area contributed by atoms with Crippen LogP contribution in [0.25, 0.3) is 0 Å². The fourth-order valence-electron chi connectivity index (χ4n) is 10.7. The molecule has 0 spiro atoms. The Morgan fingerprint density at radius 3 is 1.32 bits per heavy atom. The van der Waals surface area contributed by atoms with Crippen molar-refractivity contribution in [2.45, 2.75) is 372 Å². The molecule has 8 atom stereocenters. The van der Waals surface area contributed by atoms with Gasteiger partial charge in [0.15, 0.2) is 12.4 Å². The fraction of sp³-hybridized carbons (Fsp3) is 0.882. The summed E-state index contributed by atoms with van der Waals surface area (Å²) in [5, 5.41) is 57.0. The van der Waals surface area contributed by atoms with Gasteiger partial charge in [0.05, 0.1) is 25.4 Å². The van der Waals surface area contributed by atoms with E-state index in [0.29, 0.717) is 19.3 Å². The van der Waals surface area contributed by atoms with Crippen LogP contribution in [0.5, 0.6) is 0 Å². The number of nitrogens with one attached hydrogen (secondary N) is 1. The molecule has 0 aliphatic carbocycles. The van der Waals surface area contributed by atoms with E-state index in [1.54, 1.807) is 6.08 Å². The Bertz CT molecular complexity index is 1420. The van der Waals surface area contributed by atoms with Crippen molar-refractivity contribution in [2.75, 3.05) is 13.2 Å². The van der Waals surface area contributed by atoms with E-state index in [0.717, 1.165) is 64.2 Å². The van der Waals surface area contributed by atoms with Crippen LogP contribution in [-0.2, 0) is 23.8 Å². The molecule has 464 valence electrons. The molecule has 0 aromatic heterocycles. The van der Waals surface area contributed by atoms with Gasteiger partial charge in [0.2, 0.25) is 5.91 Å². The Hall–Kier alpha value is -2.12. The zero-order valence-electron chi connectivity index (χ0n) is 51.5. The number of aliphatic hydroxyl groups is 5. The number of hydrogen-bond acceptors (Lipinski definition) is 10. The maximum atomic E-state index is 13.5. The van der Waals surface area contributed by atoms with Gasteiger partial charge in [-0.05, 0) is 57.8 Å². The standard InChI is InChI=1S/C68H127NO10/c1-4-7-10-13-16-19-22-24-25-26-27-28-29-30-31-32-33-34-35-36-38-41-43-46-49-52-55-61(72)67(76)69-59(60(71)54-51-48-45-42-40-37-23-20-17-14-11-8-5-2)58-77-68-66(65(75)64(74)62(57-70)78-68)79-63(73)56-53-50-47-44-39-21-18-15-12-9-6-3/h16,19,24-25,51,54,59-62,64-66,68,70-72,74-75H,4-15,17-18,20-23,26-50,52-53,55-58H2,1-3H3,(H,69,76)/b19-16-,25-24-,54-51+. The Morgan fingerprint density at radius 1 is 0.494 bits per heavy atom. The van der Waals surface area contributed by atoms with Crippen molar-refractivity contribution in [2.24, 2.45) is 0 Å². The Morgan fingerprint density at radius 2 is 0.873 bits per heavy atom. The first-order chi connectivity index (χ1) is 38.7. The van der Waals surface area contributed by atoms with Gasteiger partial charge in [0.25, 0.3) is 0 Å². The summed E-state index contributed by atoms with van der Waals surface area (Å²) in [5.74, 6) is -1.18. The highest BCUT2D eigenvalue weighted by molar-refractivity contribution is 5.80. The number of esters is 1. The molecule has 1 heterocycles. The lowest BCUT2D eigenvalue weighted by Gasteiger charge is -2.41. The second-order valence-corrected chi connectivity index (χ2v) is 23.6. The summed E-state index contributed by atoms with van der Waals surface area (Å²) in [6.07, 6.45) is 57.7. The number of amides is 1. The van der Waals surface area contributed by atoms with Crippen molar-refractivity contribution >= 4 is 11.9 Å². The second-order valence-electron chi connectivity index (χ2n) is 23.6. The molecule has 1 saturated heterocycles. The molecular formula is C68H127NO10. The van der Waals surface area contributed by atoms with Crippen molar-refractivity contribution in [3.05, 3.63) is 36.5 Å². The minimum atomic E-state index is -1.61. The van der Waals surface area contributed by atoms with E-state index < -0.39 is 67.4 Å². The normalized spacial score (nSPS) is 19.0. The topological polar surface area (TPSA) is 175 Å². The number of hydrogen-bond donors (Lipinski definition) is 6. The molecule has 0 aromatic rings. The van der Waals surface area contributed by atoms with Crippen LogP contribution in [0, 0.1) is 0 Å². The van der Waals surface area contributed by atoms with Crippen molar-refractivity contribution in [1.29, 1.82) is 0 Å². The second kappa shape index (κ2) is 56.4. The quantitative estimate of drug-likeness (QED) is 0.0195. The van der Waals surface area contributed by atoms with Crippen LogP contribution >= 0.6 is 0 Å². The molecule has 1 fully saturated rings. The molecule has 8 unspecified atom stereocenters. The molecule has 79 heavy (non-hydrogen) atoms. The van der Waals surface area contributed by atoms with E-state index in [2.05, 4.69) is 50.4 Å². The lowest BCUT2D eigenvalue weighted by molar-refractivity contribution is -0.305. The van der Waals surface area contributed by atoms with Gasteiger partial charge in [-0.25, -0.2) is 0 Å². The third-order valence-corrected chi connectivity index (χ3v) is 16.0. The van der Waals surface area contributed by atoms with Gasteiger partial charge in [0.1, 0.15) is 24.4 Å². The van der Waals surface area contributed by atoms with Gasteiger partial charge in [-0.15, -0.1) is 0 Å². The van der Waals surface area contributed by atoms with Crippen LogP contribution in [-0.4, -0.2) is 99.6 Å². The molecule has 1 rings (SSSR count). The summed E-state index contributed by atoms with van der Waals surface area (Å²) in [6, 6.07) is -1.02. The monoisotopic (exact) mass is 1120 g/mol. The molecule has 0 radical (unpaired) electrons. The molecule has 6 N–H and O–H groups in total. The first kappa shape index (κ1) is 74.9. The zero-order chi connectivity index (χ0) is 57.5. The summed E-state index contributed by atoms with van der Waals surface area (Å²) in [7, 11) is 0. The third-order valence-electron chi connectivity index (χ3n) is 16.0. The number of unbranched alkanes of at least 4 members (excludes halogenated alkanes) is 40. The van der Waals surface area contributed by atoms with Crippen molar-refractivity contribution in [3.63, 3.8) is 0 Å². The first-order valence-electron chi connectivity index (χ1n) is 33.8. The van der Waals surface area contributed by atoms with Crippen molar-refractivity contribution in [3.8, 4) is 0 Å². The molecule has 11 nitrogen and oxygen atoms in total. The van der Waals surface area contributed by atoms with Crippen LogP contribution in [0.4, 0.5) is 0 Å². The van der Waals surface area contributed by atoms with E-state index in [1.807, 2.05) is 6.08 Å². The summed E-state index contributed by atoms with van der Waals surface area (Å²) in [6.45, 7) is 5.78. The van der Waals surface area contributed by atoms with E-state index >= 15 is 0 Å². The number of carbonyl (C=O) groups is 2. The smallest absolute Gasteiger partial charge is 0.306 e. The van der Waals surface area contributed by atoms with Crippen molar-refractivity contribution in [1.82, 2.24) is 5.32 Å². The molecule has 1 aliphatic rings. The predicted molar refractivity (Wildman–Crippen MR) is 329 cm³/mol. The SMILES string of the molecule is CCCCC/C=C\C/C=C\CCCCCCCCCCCCCCCCCCC(O)C(=O)NC(COC1OC(CO)C(O)C(O)C1OC(=O)CCCCCCCCCCCCC)C(O)/C=C/CCCCCCCCCCCCC. The third kappa shape index (κ3) is 44.1. The molecule has 0 aromatic carbocycles. The van der Waals surface area contributed by atoms with Crippen LogP contribution in [0.15, 0.2) is 36.5 Å². The molecule has 1 amide bonds. The van der Waals surface area contributed by atoms with Gasteiger partial charge in [-0.3, -0.25) is 9.59 Å². The molecule has 0 bridgehead atoms. The number of aliphatic hydroxyl groups excluding tert-OH is 5. The van der Waals surface area contributed by atoms with Gasteiger partial charge in [-0.1, -0.05) is 295 Å². The van der Waals surface area contributed by atoms with E-state index in [9.17, 15) is 35.1 Å². The highest BCUT2D eigenvalue weighted by atomic mass is 16.7. The maximum Gasteiger partial charge on any atom is 0.306 e. The van der Waals surface area contributed by atoms with Gasteiger partial charge in [-0.2, -0.15) is 0 Å². The average Bonchev–Trinajstić information content (AvgIpc) is 3.51. The average molecular weight is 1120 g/mol. The van der Waals surface area contributed by atoms with Crippen LogP contribution in [0.3, 0.4) is 0 Å². The Balaban J connectivity index is 2.55. The van der Waals surface area contributed by atoms with Crippen LogP contribution in [0.2, 0.25) is 0 Å². The van der Waals surface area contributed by atoms with Crippen molar-refractivity contribution < 1.29 is 49.3 Å². The number of rotatable bonds is 58. The van der Waals surface area contributed by atoms with Gasteiger partial charge < -0.3 is 45.1 Å². The Kier molecular flexibility index (Phi) is 53.4. The fourth-order valence-corrected chi connectivity index (χ4v) is 10.7. The van der Waals surface area contributed by atoms with Gasteiger partial charge >= 0.3 is 5.97 Å². The minimum Gasteiger partial charge on any atom is -0.454 e. The summed E-state index contributed by atoms with van der Waals surface area (Å²) >= 11 is 0. The highest BCUT2D eigenvalue weighted by Crippen LogP contribution is 2.26. The van der Waals surface area contributed by atoms with Gasteiger partial charge in [0, 0.05) is 6.42 Å². The number of carbonyl (C=O) groups excluding carboxylic acids is 2. The molecular weight excluding hydrogens is 991 g/mol. The van der Waals surface area contributed by atoms with Crippen LogP contribution < -0.4 is 5.32 Å². The Labute approximate surface area is 485 Å². The number of allylic oxidation sites excluding steroid dienone is 5. The first-order valence-corrected chi connectivity index (χ1v) is 33.8. The van der Waals surface area contributed by atoms with E-state index in [-0.39, 0.29) is 13.0 Å². The minimum absolute atomic E-state index is 0.128. The largest absolute Gasteiger partial charge is 0.454 e. The highest BCUT2D eigenvalue weighted by Gasteiger charge is 2.47. The molecule has 1 aliphatic heterocycles. The molecule has 11 heteroatoms. The number of ether oxygens (including phenoxy) is 3. The summed E-state index contributed by atoms with van der Waals surface area (Å²) in [5.41, 5.74) is 0. The lowest BCUT2D eigenvalue weighted by atomic mass is 9.99. The molecule has 0 saturated carbocycles. The zero-order valence-corrected chi connectivity index (χ0v) is 51.5. The summed E-state index contributed by atoms with van der Waals surface area (Å²) in [4.78, 5) is 26.5. The van der Waals surface area contributed by atoms with E-state index in [4.69, 9.17) is 14.2 Å².